The molecule has 1 aliphatic rings. The highest BCUT2D eigenvalue weighted by Crippen LogP contribution is 2.40. The number of carbonyl (C=O) groups excluding carboxylic acids is 3. The lowest BCUT2D eigenvalue weighted by molar-refractivity contribution is -0.387. The van der Waals surface area contributed by atoms with Crippen LogP contribution >= 0.6 is 35.3 Å². The van der Waals surface area contributed by atoms with Crippen molar-refractivity contribution in [2.75, 3.05) is 10.2 Å². The number of nitro benzene ring substituents is 1. The minimum atomic E-state index is -0.689. The average molecular weight is 680 g/mol. The fourth-order valence-electron chi connectivity index (χ4n) is 5.10. The third-order valence-corrected chi connectivity index (χ3v) is 9.83. The Kier molecular flexibility index (Phi) is 8.69. The molecule has 0 bridgehead atoms. The number of aryl methyl sites for hydroxylation is 3. The molecular formula is C34H25N5O5S3. The average Bonchev–Trinajstić information content (AvgIpc) is 3.42. The number of fused-ring (bicyclic) bond motifs is 1. The Morgan fingerprint density at radius 1 is 1.02 bits per heavy atom. The summed E-state index contributed by atoms with van der Waals surface area (Å²) in [6.45, 7) is 5.64. The zero-order chi connectivity index (χ0) is 33.4. The third-order valence-electron chi connectivity index (χ3n) is 7.40. The summed E-state index contributed by atoms with van der Waals surface area (Å²) in [5.41, 5.74) is 4.95. The number of thiazole rings is 1. The quantitative estimate of drug-likeness (QED) is 0.0599. The highest BCUT2D eigenvalue weighted by atomic mass is 32.2. The normalized spacial score (nSPS) is 14.1. The molecule has 0 aliphatic carbocycles. The lowest BCUT2D eigenvalue weighted by atomic mass is 10.0. The molecule has 0 saturated carbocycles. The van der Waals surface area contributed by atoms with Crippen molar-refractivity contribution in [3.8, 4) is 0 Å². The van der Waals surface area contributed by atoms with Crippen molar-refractivity contribution < 1.29 is 19.3 Å². The molecule has 4 aromatic carbocycles. The van der Waals surface area contributed by atoms with E-state index in [9.17, 15) is 24.5 Å². The van der Waals surface area contributed by atoms with Gasteiger partial charge in [-0.05, 0) is 92.2 Å². The van der Waals surface area contributed by atoms with Gasteiger partial charge < -0.3 is 5.32 Å². The van der Waals surface area contributed by atoms with Crippen molar-refractivity contribution in [3.63, 3.8) is 0 Å². The summed E-state index contributed by atoms with van der Waals surface area (Å²) in [4.78, 5) is 56.9. The summed E-state index contributed by atoms with van der Waals surface area (Å²) in [6, 6.07) is 22.6. The molecule has 1 aromatic heterocycles. The van der Waals surface area contributed by atoms with Gasteiger partial charge in [0.1, 0.15) is 5.57 Å². The van der Waals surface area contributed by atoms with Gasteiger partial charge in [0.15, 0.2) is 9.45 Å². The SMILES string of the molecule is Cc1ccc(N2C(=O)/C(=C/c3ccc(Sc4nc5ccc(NC(=O)c6ccccc6C)cc5s4)c([N+](=O)[O-])c3)C(=O)NC2=S)c(C)c1. The molecule has 0 radical (unpaired) electrons. The van der Waals surface area contributed by atoms with E-state index < -0.39 is 16.7 Å². The van der Waals surface area contributed by atoms with Gasteiger partial charge in [0, 0.05) is 17.3 Å². The Balaban J connectivity index is 1.25. The van der Waals surface area contributed by atoms with Crippen molar-refractivity contribution in [1.29, 1.82) is 0 Å². The van der Waals surface area contributed by atoms with E-state index in [0.717, 1.165) is 33.2 Å². The second kappa shape index (κ2) is 12.9. The second-order valence-corrected chi connectivity index (χ2v) is 13.5. The Labute approximate surface area is 282 Å². The predicted octanol–water partition coefficient (Wildman–Crippen LogP) is 7.36. The molecule has 2 heterocycles. The molecule has 6 rings (SSSR count). The van der Waals surface area contributed by atoms with Gasteiger partial charge in [-0.2, -0.15) is 0 Å². The molecule has 1 fully saturated rings. The Bertz CT molecular complexity index is 2190. The zero-order valence-electron chi connectivity index (χ0n) is 25.2. The first-order chi connectivity index (χ1) is 22.5. The molecule has 0 spiro atoms. The number of aromatic nitrogens is 1. The molecular weight excluding hydrogens is 655 g/mol. The van der Waals surface area contributed by atoms with Crippen molar-refractivity contribution in [2.24, 2.45) is 0 Å². The van der Waals surface area contributed by atoms with Gasteiger partial charge in [-0.3, -0.25) is 34.7 Å². The fourth-order valence-corrected chi connectivity index (χ4v) is 7.52. The molecule has 2 N–H and O–H groups in total. The number of nitrogens with zero attached hydrogens (tertiary/aromatic N) is 3. The van der Waals surface area contributed by atoms with Crippen LogP contribution in [0.5, 0.6) is 0 Å². The summed E-state index contributed by atoms with van der Waals surface area (Å²) in [7, 11) is 0. The number of thiocarbonyl (C=S) groups is 1. The predicted molar refractivity (Wildman–Crippen MR) is 188 cm³/mol. The number of hydrogen-bond donors (Lipinski definition) is 2. The smallest absolute Gasteiger partial charge is 0.283 e. The van der Waals surface area contributed by atoms with Gasteiger partial charge >= 0.3 is 0 Å². The lowest BCUT2D eigenvalue weighted by Crippen LogP contribution is -2.54. The van der Waals surface area contributed by atoms with Crippen LogP contribution in [0, 0.1) is 30.9 Å². The maximum Gasteiger partial charge on any atom is 0.283 e. The number of amides is 3. The monoisotopic (exact) mass is 679 g/mol. The van der Waals surface area contributed by atoms with Crippen molar-refractivity contribution in [3.05, 3.63) is 122 Å². The fraction of sp³-hybridized carbons (Fsp3) is 0.0882. The molecule has 0 atom stereocenters. The summed E-state index contributed by atoms with van der Waals surface area (Å²) in [5.74, 6) is -1.54. The summed E-state index contributed by atoms with van der Waals surface area (Å²) >= 11 is 7.78. The number of nitrogens with one attached hydrogen (secondary N) is 2. The zero-order valence-corrected chi connectivity index (χ0v) is 27.6. The molecule has 3 amide bonds. The summed E-state index contributed by atoms with van der Waals surface area (Å²) < 4.78 is 1.36. The highest BCUT2D eigenvalue weighted by Gasteiger charge is 2.35. The Hall–Kier alpha value is -5.24. The highest BCUT2D eigenvalue weighted by molar-refractivity contribution is 8.01. The van der Waals surface area contributed by atoms with E-state index in [-0.39, 0.29) is 22.3 Å². The maximum absolute atomic E-state index is 13.5. The largest absolute Gasteiger partial charge is 0.322 e. The lowest BCUT2D eigenvalue weighted by Gasteiger charge is -2.30. The van der Waals surface area contributed by atoms with Gasteiger partial charge in [0.25, 0.3) is 23.4 Å². The molecule has 5 aromatic rings. The van der Waals surface area contributed by atoms with E-state index in [0.29, 0.717) is 37.3 Å². The maximum atomic E-state index is 13.5. The molecule has 47 heavy (non-hydrogen) atoms. The van der Waals surface area contributed by atoms with Gasteiger partial charge in [-0.25, -0.2) is 4.98 Å². The van der Waals surface area contributed by atoms with Gasteiger partial charge in [-0.15, -0.1) is 11.3 Å². The molecule has 10 nitrogen and oxygen atoms in total. The van der Waals surface area contributed by atoms with E-state index in [4.69, 9.17) is 12.2 Å². The van der Waals surface area contributed by atoms with Crippen molar-refractivity contribution in [2.45, 2.75) is 30.0 Å². The standard InChI is InChI=1S/C34H25N5O5S3/c1-18-8-12-26(20(3)14-18)38-32(42)24(31(41)37-33(38)45)15-21-9-13-28(27(16-21)39(43)44)46-34-36-25-11-10-22(17-29(25)47-34)35-30(40)23-7-5-4-6-19(23)2/h4-17H,1-3H3,(H,35,40)(H,37,41,45)/b24-15+. The van der Waals surface area contributed by atoms with Crippen LogP contribution in [0.1, 0.15) is 32.6 Å². The van der Waals surface area contributed by atoms with Gasteiger partial charge in [0.05, 0.1) is 25.7 Å². The van der Waals surface area contributed by atoms with Crippen LogP contribution in [0.2, 0.25) is 0 Å². The third kappa shape index (κ3) is 6.54. The van der Waals surface area contributed by atoms with E-state index >= 15 is 0 Å². The molecule has 1 aliphatic heterocycles. The van der Waals surface area contributed by atoms with Crippen LogP contribution in [0.4, 0.5) is 17.1 Å². The summed E-state index contributed by atoms with van der Waals surface area (Å²) in [5, 5.41) is 17.6. The van der Waals surface area contributed by atoms with Gasteiger partial charge in [-0.1, -0.05) is 53.7 Å². The minimum absolute atomic E-state index is 0.0431. The van der Waals surface area contributed by atoms with Crippen LogP contribution in [0.25, 0.3) is 16.3 Å². The number of anilines is 2. The second-order valence-electron chi connectivity index (χ2n) is 10.8. The topological polar surface area (TPSA) is 135 Å². The molecule has 1 saturated heterocycles. The van der Waals surface area contributed by atoms with Crippen LogP contribution in [-0.2, 0) is 9.59 Å². The first-order valence-electron chi connectivity index (χ1n) is 14.2. The van der Waals surface area contributed by atoms with E-state index in [1.807, 2.05) is 57.2 Å². The number of benzene rings is 4. The van der Waals surface area contributed by atoms with Gasteiger partial charge in [0.2, 0.25) is 0 Å². The summed E-state index contributed by atoms with van der Waals surface area (Å²) in [6.07, 6.45) is 1.32. The van der Waals surface area contributed by atoms with E-state index in [1.165, 1.54) is 28.4 Å². The van der Waals surface area contributed by atoms with Crippen molar-refractivity contribution in [1.82, 2.24) is 10.3 Å². The number of carbonyl (C=O) groups is 3. The van der Waals surface area contributed by atoms with Crippen LogP contribution < -0.4 is 15.5 Å². The molecule has 0 unspecified atom stereocenters. The number of nitro groups is 1. The van der Waals surface area contributed by atoms with Crippen LogP contribution in [0.15, 0.2) is 93.7 Å². The first-order valence-corrected chi connectivity index (χ1v) is 16.2. The Morgan fingerprint density at radius 2 is 1.81 bits per heavy atom. The van der Waals surface area contributed by atoms with Crippen LogP contribution in [-0.4, -0.2) is 32.7 Å². The van der Waals surface area contributed by atoms with Crippen molar-refractivity contribution >= 4 is 91.5 Å². The first kappa shape index (κ1) is 31.7. The Morgan fingerprint density at radius 3 is 2.55 bits per heavy atom. The molecule has 234 valence electrons. The molecule has 13 heteroatoms. The minimum Gasteiger partial charge on any atom is -0.322 e. The number of rotatable bonds is 7. The van der Waals surface area contributed by atoms with E-state index in [2.05, 4.69) is 15.6 Å². The van der Waals surface area contributed by atoms with E-state index in [1.54, 1.807) is 36.4 Å². The number of hydrogen-bond acceptors (Lipinski definition) is 9. The van der Waals surface area contributed by atoms with Crippen LogP contribution in [0.3, 0.4) is 0 Å².